The topological polar surface area (TPSA) is 58.3 Å². The molecular formula is C14H16N2O. The van der Waals surface area contributed by atoms with E-state index in [1.54, 1.807) is 0 Å². The zero-order chi connectivity index (χ0) is 12.1. The Hall–Kier alpha value is -2.00. The molecule has 0 saturated carbocycles. The van der Waals surface area contributed by atoms with Crippen LogP contribution in [0.2, 0.25) is 0 Å². The summed E-state index contributed by atoms with van der Waals surface area (Å²) >= 11 is 0. The molecule has 4 N–H and O–H groups in total. The number of rotatable bonds is 4. The van der Waals surface area contributed by atoms with Gasteiger partial charge in [-0.2, -0.15) is 0 Å². The van der Waals surface area contributed by atoms with Gasteiger partial charge in [-0.1, -0.05) is 18.2 Å². The normalized spacial score (nSPS) is 10.2. The van der Waals surface area contributed by atoms with Gasteiger partial charge in [0.25, 0.3) is 0 Å². The Morgan fingerprint density at radius 3 is 2.53 bits per heavy atom. The van der Waals surface area contributed by atoms with E-state index in [4.69, 9.17) is 10.8 Å². The molecule has 0 spiro atoms. The minimum absolute atomic E-state index is 0.118. The number of hydrogen-bond donors (Lipinski definition) is 3. The molecule has 0 unspecified atom stereocenters. The first kappa shape index (κ1) is 11.5. The molecule has 0 radical (unpaired) electrons. The van der Waals surface area contributed by atoms with Crippen LogP contribution in [-0.4, -0.2) is 11.7 Å². The van der Waals surface area contributed by atoms with Gasteiger partial charge < -0.3 is 16.2 Å². The Kier molecular flexibility index (Phi) is 3.62. The van der Waals surface area contributed by atoms with Crippen LogP contribution in [-0.2, 0) is 6.42 Å². The van der Waals surface area contributed by atoms with E-state index in [1.807, 2.05) is 48.5 Å². The molecule has 0 aromatic heterocycles. The molecule has 2 aromatic rings. The van der Waals surface area contributed by atoms with Crippen LogP contribution in [0.1, 0.15) is 5.56 Å². The number of aliphatic hydroxyl groups excluding tert-OH is 1. The van der Waals surface area contributed by atoms with Crippen molar-refractivity contribution in [1.29, 1.82) is 0 Å². The highest BCUT2D eigenvalue weighted by Gasteiger charge is 2.03. The fraction of sp³-hybridized carbons (Fsp3) is 0.143. The lowest BCUT2D eigenvalue weighted by Gasteiger charge is -2.12. The monoisotopic (exact) mass is 228 g/mol. The van der Waals surface area contributed by atoms with Gasteiger partial charge in [0.1, 0.15) is 0 Å². The fourth-order valence-corrected chi connectivity index (χ4v) is 1.74. The summed E-state index contributed by atoms with van der Waals surface area (Å²) in [6.07, 6.45) is 0.597. The molecule has 0 heterocycles. The van der Waals surface area contributed by atoms with Crippen molar-refractivity contribution in [2.24, 2.45) is 0 Å². The SMILES string of the molecule is Nc1ccc(Nc2ccccc2)c(CCO)c1. The molecule has 0 atom stereocenters. The number of nitrogen functional groups attached to an aromatic ring is 1. The molecule has 0 bridgehead atoms. The van der Waals surface area contributed by atoms with Gasteiger partial charge in [0.15, 0.2) is 0 Å². The molecule has 0 fully saturated rings. The van der Waals surface area contributed by atoms with Crippen LogP contribution >= 0.6 is 0 Å². The fourth-order valence-electron chi connectivity index (χ4n) is 1.74. The van der Waals surface area contributed by atoms with Crippen molar-refractivity contribution in [2.45, 2.75) is 6.42 Å². The van der Waals surface area contributed by atoms with Crippen LogP contribution in [0, 0.1) is 0 Å². The molecule has 3 heteroatoms. The molecule has 0 aliphatic carbocycles. The molecule has 2 rings (SSSR count). The van der Waals surface area contributed by atoms with Crippen LogP contribution < -0.4 is 11.1 Å². The van der Waals surface area contributed by atoms with Gasteiger partial charge in [-0.3, -0.25) is 0 Å². The maximum absolute atomic E-state index is 9.03. The van der Waals surface area contributed by atoms with E-state index in [9.17, 15) is 0 Å². The Morgan fingerprint density at radius 1 is 1.06 bits per heavy atom. The lowest BCUT2D eigenvalue weighted by atomic mass is 10.1. The van der Waals surface area contributed by atoms with Crippen LogP contribution in [0.4, 0.5) is 17.1 Å². The third-order valence-electron chi connectivity index (χ3n) is 2.56. The summed E-state index contributed by atoms with van der Waals surface area (Å²) in [5.74, 6) is 0. The second-order valence-corrected chi connectivity index (χ2v) is 3.88. The third kappa shape index (κ3) is 2.98. The second-order valence-electron chi connectivity index (χ2n) is 3.88. The maximum Gasteiger partial charge on any atom is 0.0472 e. The highest BCUT2D eigenvalue weighted by atomic mass is 16.2. The van der Waals surface area contributed by atoms with Crippen molar-refractivity contribution < 1.29 is 5.11 Å². The summed E-state index contributed by atoms with van der Waals surface area (Å²) in [4.78, 5) is 0. The zero-order valence-electron chi connectivity index (χ0n) is 9.56. The van der Waals surface area contributed by atoms with Gasteiger partial charge in [-0.25, -0.2) is 0 Å². The summed E-state index contributed by atoms with van der Waals surface area (Å²) in [6.45, 7) is 0.118. The number of para-hydroxylation sites is 1. The molecule has 88 valence electrons. The number of nitrogens with two attached hydrogens (primary N) is 1. The molecule has 3 nitrogen and oxygen atoms in total. The average Bonchev–Trinajstić information content (AvgIpc) is 2.34. The van der Waals surface area contributed by atoms with Crippen molar-refractivity contribution in [2.75, 3.05) is 17.7 Å². The summed E-state index contributed by atoms with van der Waals surface area (Å²) in [5.41, 5.74) is 9.49. The third-order valence-corrected chi connectivity index (χ3v) is 2.56. The summed E-state index contributed by atoms with van der Waals surface area (Å²) in [5, 5.41) is 12.4. The van der Waals surface area contributed by atoms with E-state index in [0.29, 0.717) is 12.1 Å². The molecule has 0 aliphatic rings. The maximum atomic E-state index is 9.03. The average molecular weight is 228 g/mol. The molecule has 0 aliphatic heterocycles. The van der Waals surface area contributed by atoms with E-state index < -0.39 is 0 Å². The zero-order valence-corrected chi connectivity index (χ0v) is 9.56. The molecular weight excluding hydrogens is 212 g/mol. The summed E-state index contributed by atoms with van der Waals surface area (Å²) in [6, 6.07) is 15.6. The van der Waals surface area contributed by atoms with Crippen LogP contribution in [0.5, 0.6) is 0 Å². The first-order chi connectivity index (χ1) is 8.29. The summed E-state index contributed by atoms with van der Waals surface area (Å²) < 4.78 is 0. The van der Waals surface area contributed by atoms with Crippen molar-refractivity contribution in [3.63, 3.8) is 0 Å². The smallest absolute Gasteiger partial charge is 0.0472 e. The van der Waals surface area contributed by atoms with E-state index in [-0.39, 0.29) is 6.61 Å². The predicted octanol–water partition coefficient (Wildman–Crippen LogP) is 2.55. The van der Waals surface area contributed by atoms with E-state index in [0.717, 1.165) is 16.9 Å². The van der Waals surface area contributed by atoms with Crippen molar-refractivity contribution >= 4 is 17.1 Å². The minimum Gasteiger partial charge on any atom is -0.399 e. The first-order valence-electron chi connectivity index (χ1n) is 5.61. The van der Waals surface area contributed by atoms with Gasteiger partial charge in [0, 0.05) is 23.7 Å². The number of anilines is 3. The van der Waals surface area contributed by atoms with Crippen LogP contribution in [0.3, 0.4) is 0 Å². The Bertz CT molecular complexity index is 483. The van der Waals surface area contributed by atoms with Crippen LogP contribution in [0.25, 0.3) is 0 Å². The number of hydrogen-bond acceptors (Lipinski definition) is 3. The highest BCUT2D eigenvalue weighted by Crippen LogP contribution is 2.23. The number of aliphatic hydroxyl groups is 1. The van der Waals surface area contributed by atoms with Crippen LogP contribution in [0.15, 0.2) is 48.5 Å². The Morgan fingerprint density at radius 2 is 1.82 bits per heavy atom. The largest absolute Gasteiger partial charge is 0.399 e. The summed E-state index contributed by atoms with van der Waals surface area (Å²) in [7, 11) is 0. The standard InChI is InChI=1S/C14H16N2O/c15-12-6-7-14(11(10-12)8-9-17)16-13-4-2-1-3-5-13/h1-7,10,16-17H,8-9,15H2. The highest BCUT2D eigenvalue weighted by molar-refractivity contribution is 5.66. The number of benzene rings is 2. The van der Waals surface area contributed by atoms with Gasteiger partial charge in [0.2, 0.25) is 0 Å². The molecule has 0 saturated heterocycles. The van der Waals surface area contributed by atoms with Gasteiger partial charge in [0.05, 0.1) is 0 Å². The van der Waals surface area contributed by atoms with Gasteiger partial charge >= 0.3 is 0 Å². The Labute approximate surface area is 101 Å². The molecule has 17 heavy (non-hydrogen) atoms. The van der Waals surface area contributed by atoms with Gasteiger partial charge in [-0.05, 0) is 42.3 Å². The van der Waals surface area contributed by atoms with E-state index in [1.165, 1.54) is 0 Å². The minimum atomic E-state index is 0.118. The van der Waals surface area contributed by atoms with E-state index in [2.05, 4.69) is 5.32 Å². The lowest BCUT2D eigenvalue weighted by Crippen LogP contribution is -2.00. The van der Waals surface area contributed by atoms with E-state index >= 15 is 0 Å². The van der Waals surface area contributed by atoms with Gasteiger partial charge in [-0.15, -0.1) is 0 Å². The predicted molar refractivity (Wildman–Crippen MR) is 71.4 cm³/mol. The number of nitrogens with one attached hydrogen (secondary N) is 1. The van der Waals surface area contributed by atoms with Crippen molar-refractivity contribution in [3.05, 3.63) is 54.1 Å². The second kappa shape index (κ2) is 5.37. The lowest BCUT2D eigenvalue weighted by molar-refractivity contribution is 0.300. The molecule has 0 amide bonds. The van der Waals surface area contributed by atoms with Crippen molar-refractivity contribution in [3.8, 4) is 0 Å². The van der Waals surface area contributed by atoms with Crippen molar-refractivity contribution in [1.82, 2.24) is 0 Å². The Balaban J connectivity index is 2.26. The quantitative estimate of drug-likeness (QED) is 0.705. The first-order valence-corrected chi connectivity index (χ1v) is 5.61. The molecule has 2 aromatic carbocycles.